The highest BCUT2D eigenvalue weighted by Crippen LogP contribution is 2.17. The minimum absolute atomic E-state index is 0.881. The van der Waals surface area contributed by atoms with Crippen molar-refractivity contribution < 1.29 is 0 Å². The van der Waals surface area contributed by atoms with Gasteiger partial charge in [0.15, 0.2) is 0 Å². The average Bonchev–Trinajstić information content (AvgIpc) is 2.87. The molecule has 1 heterocycles. The summed E-state index contributed by atoms with van der Waals surface area (Å²) in [5.74, 6) is 6.42. The molecule has 4 nitrogen and oxygen atoms in total. The van der Waals surface area contributed by atoms with E-state index in [0.29, 0.717) is 0 Å². The van der Waals surface area contributed by atoms with Crippen LogP contribution in [0.1, 0.15) is 17.0 Å². The van der Waals surface area contributed by atoms with Gasteiger partial charge < -0.3 is 10.4 Å². The lowest BCUT2D eigenvalue weighted by Gasteiger charge is -2.00. The van der Waals surface area contributed by atoms with E-state index in [2.05, 4.69) is 46.6 Å². The Kier molecular flexibility index (Phi) is 3.39. The molecule has 2 aromatic carbocycles. The van der Waals surface area contributed by atoms with Gasteiger partial charge >= 0.3 is 0 Å². The van der Waals surface area contributed by atoms with Gasteiger partial charge in [-0.1, -0.05) is 29.8 Å². The van der Waals surface area contributed by atoms with Crippen LogP contribution in [0.3, 0.4) is 0 Å². The molecule has 0 saturated heterocycles. The van der Waals surface area contributed by atoms with Gasteiger partial charge in [0.25, 0.3) is 0 Å². The van der Waals surface area contributed by atoms with Crippen LogP contribution < -0.4 is 11.3 Å². The molecule has 0 aliphatic rings. The number of nitrogen functional groups attached to an aromatic ring is 1. The van der Waals surface area contributed by atoms with E-state index in [-0.39, 0.29) is 0 Å². The number of nitrogens with zero attached hydrogens (tertiary/aromatic N) is 1. The van der Waals surface area contributed by atoms with E-state index >= 15 is 0 Å². The van der Waals surface area contributed by atoms with Crippen LogP contribution in [0.5, 0.6) is 0 Å². The summed E-state index contributed by atoms with van der Waals surface area (Å²) in [4.78, 5) is 7.95. The number of H-pyrrole nitrogens is 1. The molecule has 3 rings (SSSR count). The van der Waals surface area contributed by atoms with E-state index in [9.17, 15) is 0 Å². The van der Waals surface area contributed by atoms with E-state index in [1.807, 2.05) is 18.2 Å². The normalized spacial score (nSPS) is 10.9. The average molecular weight is 266 g/mol. The van der Waals surface area contributed by atoms with Crippen LogP contribution in [0.4, 0.5) is 5.69 Å². The molecule has 0 aliphatic heterocycles. The zero-order chi connectivity index (χ0) is 13.9. The van der Waals surface area contributed by atoms with Gasteiger partial charge in [-0.15, -0.1) is 0 Å². The van der Waals surface area contributed by atoms with Gasteiger partial charge in [-0.3, -0.25) is 5.84 Å². The minimum atomic E-state index is 0.881. The molecule has 0 spiro atoms. The fourth-order valence-corrected chi connectivity index (χ4v) is 2.40. The second-order valence-corrected chi connectivity index (χ2v) is 5.05. The lowest BCUT2D eigenvalue weighted by atomic mass is 10.1. The Morgan fingerprint density at radius 2 is 2.05 bits per heavy atom. The number of hydrogen-bond acceptors (Lipinski definition) is 3. The number of hydrogen-bond donors (Lipinski definition) is 3. The minimum Gasteiger partial charge on any atom is -0.342 e. The number of imidazole rings is 1. The summed E-state index contributed by atoms with van der Waals surface area (Å²) in [7, 11) is 0. The van der Waals surface area contributed by atoms with Crippen molar-refractivity contribution >= 4 is 16.7 Å². The molecule has 4 heteroatoms. The second kappa shape index (κ2) is 5.35. The van der Waals surface area contributed by atoms with E-state index in [4.69, 9.17) is 5.84 Å². The number of rotatable bonds is 4. The number of fused-ring (bicyclic) bond motifs is 1. The van der Waals surface area contributed by atoms with Crippen LogP contribution in [0.25, 0.3) is 11.0 Å². The monoisotopic (exact) mass is 266 g/mol. The number of aromatic amines is 1. The summed E-state index contributed by atoms with van der Waals surface area (Å²) >= 11 is 0. The van der Waals surface area contributed by atoms with Gasteiger partial charge in [0, 0.05) is 6.42 Å². The predicted octanol–water partition coefficient (Wildman–Crippen LogP) is 2.94. The van der Waals surface area contributed by atoms with Gasteiger partial charge in [0.2, 0.25) is 0 Å². The zero-order valence-corrected chi connectivity index (χ0v) is 11.5. The standard InChI is InChI=1S/C16H18N4/c1-11-3-2-4-12(9-11)5-8-16-18-14-7-6-13(20-17)10-15(14)19-16/h2-4,6-7,9-10,20H,5,8,17H2,1H3,(H,18,19). The SMILES string of the molecule is Cc1cccc(CCc2nc3ccc(NN)cc3[nH]2)c1. The fraction of sp³-hybridized carbons (Fsp3) is 0.188. The highest BCUT2D eigenvalue weighted by atomic mass is 15.2. The van der Waals surface area contributed by atoms with Crippen molar-refractivity contribution in [3.05, 3.63) is 59.4 Å². The van der Waals surface area contributed by atoms with Crippen LogP contribution in [0.15, 0.2) is 42.5 Å². The van der Waals surface area contributed by atoms with Crippen LogP contribution in [0.2, 0.25) is 0 Å². The zero-order valence-electron chi connectivity index (χ0n) is 11.5. The van der Waals surface area contributed by atoms with E-state index in [0.717, 1.165) is 35.4 Å². The summed E-state index contributed by atoms with van der Waals surface area (Å²) in [6, 6.07) is 14.5. The van der Waals surface area contributed by atoms with Crippen molar-refractivity contribution in [1.29, 1.82) is 0 Å². The van der Waals surface area contributed by atoms with Crippen molar-refractivity contribution in [2.45, 2.75) is 19.8 Å². The number of nitrogens with two attached hydrogens (primary N) is 1. The first-order chi connectivity index (χ1) is 9.74. The van der Waals surface area contributed by atoms with Crippen molar-refractivity contribution in [2.75, 3.05) is 5.43 Å². The summed E-state index contributed by atoms with van der Waals surface area (Å²) in [6.07, 6.45) is 1.90. The highest BCUT2D eigenvalue weighted by Gasteiger charge is 2.04. The largest absolute Gasteiger partial charge is 0.342 e. The molecule has 0 radical (unpaired) electrons. The predicted molar refractivity (Wildman–Crippen MR) is 82.5 cm³/mol. The first-order valence-electron chi connectivity index (χ1n) is 6.75. The number of aromatic nitrogens is 2. The van der Waals surface area contributed by atoms with Gasteiger partial charge in [-0.05, 0) is 37.1 Å². The third kappa shape index (κ3) is 2.65. The van der Waals surface area contributed by atoms with Crippen molar-refractivity contribution in [1.82, 2.24) is 9.97 Å². The van der Waals surface area contributed by atoms with Crippen LogP contribution in [0, 0.1) is 6.92 Å². The molecule has 3 aromatic rings. The summed E-state index contributed by atoms with van der Waals surface area (Å²) in [5.41, 5.74) is 8.15. The molecule has 0 amide bonds. The summed E-state index contributed by atoms with van der Waals surface area (Å²) in [6.45, 7) is 2.12. The summed E-state index contributed by atoms with van der Waals surface area (Å²) in [5, 5.41) is 0. The molecule has 0 atom stereocenters. The molecule has 4 N–H and O–H groups in total. The molecule has 102 valence electrons. The molecule has 0 fully saturated rings. The number of aryl methyl sites for hydroxylation is 3. The van der Waals surface area contributed by atoms with Gasteiger partial charge in [0.1, 0.15) is 5.82 Å². The highest BCUT2D eigenvalue weighted by molar-refractivity contribution is 5.79. The third-order valence-electron chi connectivity index (χ3n) is 3.43. The molecule has 1 aromatic heterocycles. The Labute approximate surface area is 118 Å². The molecule has 0 bridgehead atoms. The van der Waals surface area contributed by atoms with Gasteiger partial charge in [-0.2, -0.15) is 0 Å². The maximum atomic E-state index is 5.41. The number of anilines is 1. The first kappa shape index (κ1) is 12.7. The van der Waals surface area contributed by atoms with E-state index < -0.39 is 0 Å². The molecule has 20 heavy (non-hydrogen) atoms. The van der Waals surface area contributed by atoms with Crippen molar-refractivity contribution in [2.24, 2.45) is 5.84 Å². The topological polar surface area (TPSA) is 66.7 Å². The van der Waals surface area contributed by atoms with Gasteiger partial charge in [0.05, 0.1) is 16.7 Å². The second-order valence-electron chi connectivity index (χ2n) is 5.05. The van der Waals surface area contributed by atoms with E-state index in [1.165, 1.54) is 11.1 Å². The fourth-order valence-electron chi connectivity index (χ4n) is 2.40. The van der Waals surface area contributed by atoms with Crippen LogP contribution in [-0.4, -0.2) is 9.97 Å². The molecule has 0 saturated carbocycles. The first-order valence-corrected chi connectivity index (χ1v) is 6.75. The Bertz CT molecular complexity index is 730. The smallest absolute Gasteiger partial charge is 0.107 e. The molecular weight excluding hydrogens is 248 g/mol. The number of nitrogens with one attached hydrogen (secondary N) is 2. The summed E-state index contributed by atoms with van der Waals surface area (Å²) < 4.78 is 0. The van der Waals surface area contributed by atoms with Crippen molar-refractivity contribution in [3.8, 4) is 0 Å². The Balaban J connectivity index is 1.77. The third-order valence-corrected chi connectivity index (χ3v) is 3.43. The van der Waals surface area contributed by atoms with Crippen LogP contribution in [-0.2, 0) is 12.8 Å². The number of benzene rings is 2. The van der Waals surface area contributed by atoms with Crippen molar-refractivity contribution in [3.63, 3.8) is 0 Å². The van der Waals surface area contributed by atoms with Crippen LogP contribution >= 0.6 is 0 Å². The lowest BCUT2D eigenvalue weighted by molar-refractivity contribution is 0.889. The quantitative estimate of drug-likeness (QED) is 0.502. The molecule has 0 unspecified atom stereocenters. The lowest BCUT2D eigenvalue weighted by Crippen LogP contribution is -2.05. The maximum Gasteiger partial charge on any atom is 0.107 e. The Morgan fingerprint density at radius 1 is 1.15 bits per heavy atom. The maximum absolute atomic E-state index is 5.41. The van der Waals surface area contributed by atoms with Gasteiger partial charge in [-0.25, -0.2) is 4.98 Å². The molecule has 0 aliphatic carbocycles. The Morgan fingerprint density at radius 3 is 2.85 bits per heavy atom. The number of hydrazine groups is 1. The molecular formula is C16H18N4. The Hall–Kier alpha value is -2.33. The van der Waals surface area contributed by atoms with E-state index in [1.54, 1.807) is 0 Å².